The first-order valence-electron chi connectivity index (χ1n) is 11.5. The number of anilines is 3. The number of carbonyl (C=O) groups excluding carboxylic acids is 1. The predicted octanol–water partition coefficient (Wildman–Crippen LogP) is 3.29. The number of hydrogen-bond donors (Lipinski definition) is 2. The first-order valence-corrected chi connectivity index (χ1v) is 11.5. The summed E-state index contributed by atoms with van der Waals surface area (Å²) in [7, 11) is 3.17. The fraction of sp³-hybridized carbons (Fsp3) is 0.400. The van der Waals surface area contributed by atoms with Gasteiger partial charge >= 0.3 is 0 Å². The molecule has 10 heteroatoms. The number of piperazine rings is 1. The standard InChI is InChI=1S/C25H32N6O3.ClH/c1-33-21-15-19-20(16-22(21)34-2)28-25(29-24(19)27)31-13-11-30(12-14-31)23(32)6-4-3-5-17-7-9-18(26)10-8-17;/h7-10,15-16H,3-6,11-14,26H2,1-2H3,(H2,27,28,29);1H. The van der Waals surface area contributed by atoms with Crippen LogP contribution in [0.3, 0.4) is 0 Å². The van der Waals surface area contributed by atoms with Crippen LogP contribution in [0.4, 0.5) is 17.5 Å². The highest BCUT2D eigenvalue weighted by Crippen LogP contribution is 2.34. The number of unbranched alkanes of at least 4 members (excludes halogenated alkanes) is 1. The van der Waals surface area contributed by atoms with Gasteiger partial charge in [-0.15, -0.1) is 12.4 Å². The molecule has 9 nitrogen and oxygen atoms in total. The normalized spacial score (nSPS) is 13.4. The molecule has 0 spiro atoms. The Bertz CT molecular complexity index is 1150. The molecule has 1 fully saturated rings. The molecule has 4 N–H and O–H groups in total. The minimum absolute atomic E-state index is 0. The van der Waals surface area contributed by atoms with Crippen molar-refractivity contribution in [2.75, 3.05) is 56.8 Å². The van der Waals surface area contributed by atoms with Gasteiger partial charge in [-0.1, -0.05) is 12.1 Å². The van der Waals surface area contributed by atoms with Crippen molar-refractivity contribution >= 4 is 46.7 Å². The summed E-state index contributed by atoms with van der Waals surface area (Å²) in [6, 6.07) is 11.5. The molecular weight excluding hydrogens is 468 g/mol. The van der Waals surface area contributed by atoms with Crippen molar-refractivity contribution in [1.82, 2.24) is 14.9 Å². The second kappa shape index (κ2) is 11.8. The molecule has 2 aromatic carbocycles. The van der Waals surface area contributed by atoms with Gasteiger partial charge in [0.25, 0.3) is 0 Å². The molecule has 1 aromatic heterocycles. The number of benzene rings is 2. The second-order valence-corrected chi connectivity index (χ2v) is 8.45. The molecular formula is C25H33ClN6O3. The van der Waals surface area contributed by atoms with Gasteiger partial charge in [0, 0.05) is 49.7 Å². The van der Waals surface area contributed by atoms with Crippen molar-refractivity contribution in [3.63, 3.8) is 0 Å². The van der Waals surface area contributed by atoms with Crippen LogP contribution in [-0.2, 0) is 11.2 Å². The summed E-state index contributed by atoms with van der Waals surface area (Å²) in [6.45, 7) is 2.61. The summed E-state index contributed by atoms with van der Waals surface area (Å²) in [5, 5.41) is 0.717. The highest BCUT2D eigenvalue weighted by Gasteiger charge is 2.23. The number of aromatic nitrogens is 2. The van der Waals surface area contributed by atoms with Crippen LogP contribution in [0.5, 0.6) is 11.5 Å². The summed E-state index contributed by atoms with van der Waals surface area (Å²) in [4.78, 5) is 25.9. The molecule has 1 aliphatic rings. The number of aryl methyl sites for hydroxylation is 1. The van der Waals surface area contributed by atoms with Gasteiger partial charge in [-0.3, -0.25) is 4.79 Å². The molecule has 0 bridgehead atoms. The zero-order valence-corrected chi connectivity index (χ0v) is 21.0. The first kappa shape index (κ1) is 26.2. The Morgan fingerprint density at radius 1 is 0.943 bits per heavy atom. The molecule has 0 atom stereocenters. The van der Waals surface area contributed by atoms with Crippen LogP contribution in [0.25, 0.3) is 10.9 Å². The average molecular weight is 501 g/mol. The SMILES string of the molecule is COc1cc2nc(N3CCN(C(=O)CCCCc4ccc(N)cc4)CC3)nc(N)c2cc1OC.Cl. The topological polar surface area (TPSA) is 120 Å². The van der Waals surface area contributed by atoms with E-state index in [1.165, 1.54) is 5.56 Å². The number of halogens is 1. The average Bonchev–Trinajstić information content (AvgIpc) is 2.86. The van der Waals surface area contributed by atoms with Crippen LogP contribution in [0.1, 0.15) is 24.8 Å². The lowest BCUT2D eigenvalue weighted by atomic mass is 10.1. The smallest absolute Gasteiger partial charge is 0.228 e. The molecule has 188 valence electrons. The quantitative estimate of drug-likeness (QED) is 0.357. The molecule has 1 saturated heterocycles. The Labute approximate surface area is 211 Å². The molecule has 1 aliphatic heterocycles. The van der Waals surface area contributed by atoms with Crippen molar-refractivity contribution < 1.29 is 14.3 Å². The number of nitrogen functional groups attached to an aromatic ring is 2. The molecule has 2 heterocycles. The number of methoxy groups -OCH3 is 2. The first-order chi connectivity index (χ1) is 16.5. The molecule has 4 rings (SSSR count). The predicted molar refractivity (Wildman–Crippen MR) is 142 cm³/mol. The van der Waals surface area contributed by atoms with Crippen molar-refractivity contribution in [3.05, 3.63) is 42.0 Å². The van der Waals surface area contributed by atoms with E-state index in [1.54, 1.807) is 26.4 Å². The Morgan fingerprint density at radius 3 is 2.26 bits per heavy atom. The minimum Gasteiger partial charge on any atom is -0.493 e. The number of ether oxygens (including phenoxy) is 2. The van der Waals surface area contributed by atoms with Crippen LogP contribution in [-0.4, -0.2) is 61.2 Å². The zero-order valence-electron chi connectivity index (χ0n) is 20.2. The van der Waals surface area contributed by atoms with Gasteiger partial charge in [0.15, 0.2) is 11.5 Å². The highest BCUT2D eigenvalue weighted by molar-refractivity contribution is 5.91. The number of fused-ring (bicyclic) bond motifs is 1. The number of rotatable bonds is 8. The fourth-order valence-corrected chi connectivity index (χ4v) is 4.21. The summed E-state index contributed by atoms with van der Waals surface area (Å²) >= 11 is 0. The summed E-state index contributed by atoms with van der Waals surface area (Å²) in [5.74, 6) is 2.32. The summed E-state index contributed by atoms with van der Waals surface area (Å²) in [6.07, 6.45) is 3.38. The van der Waals surface area contributed by atoms with Gasteiger partial charge < -0.3 is 30.7 Å². The Morgan fingerprint density at radius 2 is 1.60 bits per heavy atom. The van der Waals surface area contributed by atoms with Crippen LogP contribution in [0.15, 0.2) is 36.4 Å². The molecule has 0 saturated carbocycles. The van der Waals surface area contributed by atoms with Crippen molar-refractivity contribution in [2.24, 2.45) is 0 Å². The third kappa shape index (κ3) is 6.16. The minimum atomic E-state index is 0. The van der Waals surface area contributed by atoms with E-state index in [1.807, 2.05) is 29.2 Å². The number of nitrogens with two attached hydrogens (primary N) is 2. The molecule has 0 unspecified atom stereocenters. The van der Waals surface area contributed by atoms with E-state index in [0.29, 0.717) is 66.8 Å². The van der Waals surface area contributed by atoms with Gasteiger partial charge in [0.05, 0.1) is 19.7 Å². The zero-order chi connectivity index (χ0) is 24.1. The molecule has 3 aromatic rings. The Balaban J connectivity index is 0.00000342. The van der Waals surface area contributed by atoms with E-state index < -0.39 is 0 Å². The highest BCUT2D eigenvalue weighted by atomic mass is 35.5. The van der Waals surface area contributed by atoms with Crippen LogP contribution < -0.4 is 25.8 Å². The lowest BCUT2D eigenvalue weighted by Gasteiger charge is -2.35. The van der Waals surface area contributed by atoms with Crippen molar-refractivity contribution in [3.8, 4) is 11.5 Å². The third-order valence-electron chi connectivity index (χ3n) is 6.22. The third-order valence-corrected chi connectivity index (χ3v) is 6.22. The maximum Gasteiger partial charge on any atom is 0.228 e. The van der Waals surface area contributed by atoms with Gasteiger partial charge in [-0.2, -0.15) is 4.98 Å². The van der Waals surface area contributed by atoms with E-state index in [4.69, 9.17) is 25.9 Å². The Kier molecular flexibility index (Phi) is 8.81. The fourth-order valence-electron chi connectivity index (χ4n) is 4.21. The molecule has 0 aliphatic carbocycles. The van der Waals surface area contributed by atoms with Gasteiger partial charge in [-0.25, -0.2) is 4.98 Å². The lowest BCUT2D eigenvalue weighted by Crippen LogP contribution is -2.49. The number of hydrogen-bond acceptors (Lipinski definition) is 8. The molecule has 1 amide bonds. The second-order valence-electron chi connectivity index (χ2n) is 8.45. The number of amides is 1. The number of carbonyl (C=O) groups is 1. The van der Waals surface area contributed by atoms with Crippen molar-refractivity contribution in [1.29, 1.82) is 0 Å². The molecule has 35 heavy (non-hydrogen) atoms. The van der Waals surface area contributed by atoms with E-state index in [-0.39, 0.29) is 18.3 Å². The van der Waals surface area contributed by atoms with Gasteiger partial charge in [0.2, 0.25) is 11.9 Å². The van der Waals surface area contributed by atoms with Crippen molar-refractivity contribution in [2.45, 2.75) is 25.7 Å². The summed E-state index contributed by atoms with van der Waals surface area (Å²) in [5.41, 5.74) is 14.7. The Hall–Kier alpha value is -3.46. The maximum atomic E-state index is 12.7. The van der Waals surface area contributed by atoms with Crippen LogP contribution in [0.2, 0.25) is 0 Å². The van der Waals surface area contributed by atoms with E-state index in [0.717, 1.165) is 24.9 Å². The van der Waals surface area contributed by atoms with E-state index >= 15 is 0 Å². The molecule has 0 radical (unpaired) electrons. The monoisotopic (exact) mass is 500 g/mol. The van der Waals surface area contributed by atoms with Gasteiger partial charge in [0.1, 0.15) is 5.82 Å². The lowest BCUT2D eigenvalue weighted by molar-refractivity contribution is -0.131. The largest absolute Gasteiger partial charge is 0.493 e. The number of nitrogens with zero attached hydrogens (tertiary/aromatic N) is 4. The van der Waals surface area contributed by atoms with E-state index in [9.17, 15) is 4.79 Å². The summed E-state index contributed by atoms with van der Waals surface area (Å²) < 4.78 is 10.7. The van der Waals surface area contributed by atoms with Crippen LogP contribution >= 0.6 is 12.4 Å². The van der Waals surface area contributed by atoms with Gasteiger partial charge in [-0.05, 0) is 43.0 Å². The van der Waals surface area contributed by atoms with Crippen LogP contribution in [0, 0.1) is 0 Å². The maximum absolute atomic E-state index is 12.7. The van der Waals surface area contributed by atoms with E-state index in [2.05, 4.69) is 9.88 Å².